The summed E-state index contributed by atoms with van der Waals surface area (Å²) in [5, 5.41) is 11.1. The van der Waals surface area contributed by atoms with Gasteiger partial charge < -0.3 is 9.84 Å². The Morgan fingerprint density at radius 2 is 1.83 bits per heavy atom. The van der Waals surface area contributed by atoms with Crippen LogP contribution in [0.5, 0.6) is 0 Å². The molecule has 35 heavy (non-hydrogen) atoms. The van der Waals surface area contributed by atoms with Crippen molar-refractivity contribution < 1.29 is 28.6 Å². The van der Waals surface area contributed by atoms with Gasteiger partial charge in [-0.05, 0) is 73.0 Å². The second-order valence-corrected chi connectivity index (χ2v) is 8.10. The van der Waals surface area contributed by atoms with E-state index in [-0.39, 0.29) is 16.7 Å². The molecule has 3 aromatic rings. The summed E-state index contributed by atoms with van der Waals surface area (Å²) in [5.41, 5.74) is 1.51. The maximum absolute atomic E-state index is 13.8. The number of benzene rings is 2. The van der Waals surface area contributed by atoms with E-state index in [4.69, 9.17) is 4.74 Å². The first-order valence-electron chi connectivity index (χ1n) is 11.1. The predicted octanol–water partition coefficient (Wildman–Crippen LogP) is 4.72. The van der Waals surface area contributed by atoms with Gasteiger partial charge in [-0.2, -0.15) is 0 Å². The van der Waals surface area contributed by atoms with Gasteiger partial charge in [-0.3, -0.25) is 19.5 Å². The third kappa shape index (κ3) is 4.55. The van der Waals surface area contributed by atoms with E-state index in [9.17, 15) is 23.9 Å². The Labute approximate surface area is 201 Å². The maximum Gasteiger partial charge on any atom is 0.338 e. The molecule has 7 nitrogen and oxygen atoms in total. The summed E-state index contributed by atoms with van der Waals surface area (Å²) in [6, 6.07) is 12.4. The molecule has 178 valence electrons. The van der Waals surface area contributed by atoms with E-state index >= 15 is 0 Å². The van der Waals surface area contributed by atoms with Crippen molar-refractivity contribution >= 4 is 29.1 Å². The average molecular weight is 474 g/mol. The largest absolute Gasteiger partial charge is 0.507 e. The summed E-state index contributed by atoms with van der Waals surface area (Å²) < 4.78 is 18.9. The summed E-state index contributed by atoms with van der Waals surface area (Å²) in [7, 11) is 0. The maximum atomic E-state index is 13.8. The minimum atomic E-state index is -0.980. The summed E-state index contributed by atoms with van der Waals surface area (Å²) in [6.45, 7) is 3.72. The van der Waals surface area contributed by atoms with Crippen LogP contribution < -0.4 is 4.90 Å². The van der Waals surface area contributed by atoms with E-state index in [1.165, 1.54) is 48.4 Å². The Kier molecular flexibility index (Phi) is 6.73. The zero-order valence-electron chi connectivity index (χ0n) is 19.2. The molecule has 1 unspecified atom stereocenters. The van der Waals surface area contributed by atoms with Crippen LogP contribution in [-0.2, 0) is 14.3 Å². The smallest absolute Gasteiger partial charge is 0.338 e. The first-order valence-corrected chi connectivity index (χ1v) is 11.1. The van der Waals surface area contributed by atoms with Crippen LogP contribution in [0.4, 0.5) is 10.1 Å². The lowest BCUT2D eigenvalue weighted by Gasteiger charge is -2.25. The molecule has 2 aromatic carbocycles. The number of anilines is 1. The molecule has 2 heterocycles. The fourth-order valence-electron chi connectivity index (χ4n) is 3.94. The van der Waals surface area contributed by atoms with Crippen LogP contribution in [0.3, 0.4) is 0 Å². The second-order valence-electron chi connectivity index (χ2n) is 8.10. The molecule has 4 rings (SSSR count). The molecule has 1 fully saturated rings. The van der Waals surface area contributed by atoms with Crippen molar-refractivity contribution in [1.82, 2.24) is 4.98 Å². The number of nitrogens with zero attached hydrogens (tertiary/aromatic N) is 2. The molecule has 1 aliphatic rings. The lowest BCUT2D eigenvalue weighted by molar-refractivity contribution is -0.132. The number of aliphatic hydroxyl groups is 1. The van der Waals surface area contributed by atoms with Crippen molar-refractivity contribution in [3.63, 3.8) is 0 Å². The van der Waals surface area contributed by atoms with E-state index in [1.54, 1.807) is 30.5 Å². The summed E-state index contributed by atoms with van der Waals surface area (Å²) in [4.78, 5) is 43.8. The zero-order valence-corrected chi connectivity index (χ0v) is 19.2. The molecule has 0 radical (unpaired) electrons. The minimum Gasteiger partial charge on any atom is -0.507 e. The molecular weight excluding hydrogens is 451 g/mol. The molecule has 0 spiro atoms. The van der Waals surface area contributed by atoms with Gasteiger partial charge in [0.2, 0.25) is 0 Å². The number of hydrogen-bond donors (Lipinski definition) is 1. The monoisotopic (exact) mass is 474 g/mol. The van der Waals surface area contributed by atoms with Crippen molar-refractivity contribution in [2.24, 2.45) is 0 Å². The van der Waals surface area contributed by atoms with Gasteiger partial charge >= 0.3 is 5.97 Å². The Morgan fingerprint density at radius 1 is 1.11 bits per heavy atom. The van der Waals surface area contributed by atoms with Crippen molar-refractivity contribution in [2.75, 3.05) is 11.5 Å². The summed E-state index contributed by atoms with van der Waals surface area (Å²) in [6.07, 6.45) is 3.74. The van der Waals surface area contributed by atoms with Crippen LogP contribution in [0, 0.1) is 12.7 Å². The van der Waals surface area contributed by atoms with Gasteiger partial charge in [-0.25, -0.2) is 9.18 Å². The lowest BCUT2D eigenvalue weighted by Crippen LogP contribution is -2.29. The standard InChI is InChI=1S/C27H23FN2O5/c1-3-13-35-27(34)17-6-9-20(10-7-17)30-23(19-5-4-12-29-15-19)22(25(32)26(30)33)24(31)18-8-11-21(28)16(2)14-18/h4-12,14-15,23,31H,3,13H2,1-2H3/b24-22-. The highest BCUT2D eigenvalue weighted by atomic mass is 19.1. The molecule has 1 saturated heterocycles. The molecule has 1 atom stereocenters. The number of pyridine rings is 1. The van der Waals surface area contributed by atoms with Crippen molar-refractivity contribution in [1.29, 1.82) is 0 Å². The number of hydrogen-bond acceptors (Lipinski definition) is 6. The van der Waals surface area contributed by atoms with Crippen LogP contribution >= 0.6 is 0 Å². The van der Waals surface area contributed by atoms with Gasteiger partial charge in [0, 0.05) is 23.6 Å². The Bertz CT molecular complexity index is 1320. The Hall–Kier alpha value is -4.33. The minimum absolute atomic E-state index is 0.138. The van der Waals surface area contributed by atoms with E-state index < -0.39 is 35.3 Å². The number of Topliss-reactive ketones (excluding diaryl/α,β-unsaturated/α-hetero) is 1. The highest BCUT2D eigenvalue weighted by molar-refractivity contribution is 6.51. The van der Waals surface area contributed by atoms with E-state index in [0.717, 1.165) is 0 Å². The van der Waals surface area contributed by atoms with Crippen LogP contribution in [-0.4, -0.2) is 34.4 Å². The molecule has 1 N–H and O–H groups in total. The third-order valence-electron chi connectivity index (χ3n) is 5.69. The molecule has 0 saturated carbocycles. The van der Waals surface area contributed by atoms with Gasteiger partial charge in [-0.1, -0.05) is 13.0 Å². The average Bonchev–Trinajstić information content (AvgIpc) is 3.14. The van der Waals surface area contributed by atoms with Gasteiger partial charge in [0.25, 0.3) is 11.7 Å². The number of ketones is 1. The SMILES string of the molecule is CCCOC(=O)c1ccc(N2C(=O)C(=O)/C(=C(\O)c3ccc(F)c(C)c3)C2c2cccnc2)cc1. The zero-order chi connectivity index (χ0) is 25.1. The fourth-order valence-corrected chi connectivity index (χ4v) is 3.94. The number of halogens is 1. The highest BCUT2D eigenvalue weighted by Gasteiger charge is 2.47. The first-order chi connectivity index (χ1) is 16.8. The Morgan fingerprint density at radius 3 is 2.46 bits per heavy atom. The van der Waals surface area contributed by atoms with Crippen LogP contribution in [0.1, 0.15) is 46.4 Å². The Balaban J connectivity index is 1.82. The molecule has 1 aliphatic heterocycles. The molecule has 8 heteroatoms. The molecular formula is C27H23FN2O5. The number of rotatable bonds is 6. The summed E-state index contributed by atoms with van der Waals surface area (Å²) in [5.74, 6) is -3.09. The number of carbonyl (C=O) groups excluding carboxylic acids is 3. The second kappa shape index (κ2) is 9.89. The number of ether oxygens (including phenoxy) is 1. The predicted molar refractivity (Wildman–Crippen MR) is 127 cm³/mol. The van der Waals surface area contributed by atoms with Gasteiger partial charge in [0.1, 0.15) is 11.6 Å². The molecule has 0 aliphatic carbocycles. The number of esters is 1. The van der Waals surface area contributed by atoms with Crippen LogP contribution in [0.25, 0.3) is 5.76 Å². The highest BCUT2D eigenvalue weighted by Crippen LogP contribution is 2.42. The molecule has 1 amide bonds. The van der Waals surface area contributed by atoms with Gasteiger partial charge in [0.15, 0.2) is 0 Å². The molecule has 1 aromatic heterocycles. The number of carbonyl (C=O) groups is 3. The van der Waals surface area contributed by atoms with Gasteiger partial charge in [-0.15, -0.1) is 0 Å². The molecule has 0 bridgehead atoms. The number of aromatic nitrogens is 1. The fraction of sp³-hybridized carbons (Fsp3) is 0.185. The van der Waals surface area contributed by atoms with E-state index in [1.807, 2.05) is 6.92 Å². The third-order valence-corrected chi connectivity index (χ3v) is 5.69. The van der Waals surface area contributed by atoms with E-state index in [2.05, 4.69) is 4.98 Å². The normalized spacial score (nSPS) is 17.0. The number of aryl methyl sites for hydroxylation is 1. The lowest BCUT2D eigenvalue weighted by atomic mass is 9.95. The number of amides is 1. The summed E-state index contributed by atoms with van der Waals surface area (Å²) >= 11 is 0. The van der Waals surface area contributed by atoms with Crippen LogP contribution in [0.15, 0.2) is 72.6 Å². The van der Waals surface area contributed by atoms with Crippen molar-refractivity contribution in [3.05, 3.63) is 101 Å². The first kappa shape index (κ1) is 23.8. The van der Waals surface area contributed by atoms with E-state index in [0.29, 0.717) is 29.8 Å². The number of aliphatic hydroxyl groups excluding tert-OH is 1. The van der Waals surface area contributed by atoms with Crippen molar-refractivity contribution in [2.45, 2.75) is 26.3 Å². The van der Waals surface area contributed by atoms with Gasteiger partial charge in [0.05, 0.1) is 23.8 Å². The quantitative estimate of drug-likeness (QED) is 0.240. The van der Waals surface area contributed by atoms with Crippen molar-refractivity contribution in [3.8, 4) is 0 Å². The van der Waals surface area contributed by atoms with Crippen LogP contribution in [0.2, 0.25) is 0 Å². The topological polar surface area (TPSA) is 96.8 Å².